The minimum Gasteiger partial charge on any atom is -0.423 e. The molecule has 0 aliphatic carbocycles. The Labute approximate surface area is 181 Å². The van der Waals surface area contributed by atoms with Gasteiger partial charge in [-0.3, -0.25) is 4.68 Å². The van der Waals surface area contributed by atoms with E-state index in [-0.39, 0.29) is 0 Å². The fourth-order valence-electron chi connectivity index (χ4n) is 3.03. The Morgan fingerprint density at radius 3 is 2.39 bits per heavy atom. The largest absolute Gasteiger partial charge is 0.488 e. The molecule has 31 heavy (non-hydrogen) atoms. The molecule has 7 nitrogen and oxygen atoms in total. The van der Waals surface area contributed by atoms with Crippen LogP contribution in [-0.2, 0) is 20.0 Å². The van der Waals surface area contributed by atoms with Gasteiger partial charge >= 0.3 is 7.12 Å². The number of fused-ring (bicyclic) bond motifs is 1. The molecular weight excluding hydrogens is 389 g/mol. The van der Waals surface area contributed by atoms with E-state index in [1.807, 2.05) is 56.4 Å². The molecule has 4 rings (SSSR count). The number of anilines is 1. The van der Waals surface area contributed by atoms with Crippen LogP contribution in [0.25, 0.3) is 11.0 Å². The summed E-state index contributed by atoms with van der Waals surface area (Å²) in [4.78, 5) is 8.79. The van der Waals surface area contributed by atoms with Gasteiger partial charge < -0.3 is 15.4 Å². The minimum absolute atomic E-state index is 0.468. The molecule has 0 aliphatic rings. The van der Waals surface area contributed by atoms with E-state index < -0.39 is 7.12 Å². The monoisotopic (exact) mass is 413 g/mol. The van der Waals surface area contributed by atoms with E-state index >= 15 is 0 Å². The first kappa shape index (κ1) is 22.0. The molecule has 0 bridgehead atoms. The zero-order valence-electron chi connectivity index (χ0n) is 17.5. The van der Waals surface area contributed by atoms with E-state index in [0.717, 1.165) is 28.8 Å². The molecule has 2 aromatic carbocycles. The van der Waals surface area contributed by atoms with E-state index in [1.165, 1.54) is 5.56 Å². The number of terminal acetylenes is 1. The van der Waals surface area contributed by atoms with E-state index in [4.69, 9.17) is 16.5 Å². The van der Waals surface area contributed by atoms with E-state index in [9.17, 15) is 0 Å². The number of nitrogens with one attached hydrogen (secondary N) is 1. The lowest BCUT2D eigenvalue weighted by molar-refractivity contribution is 0.426. The van der Waals surface area contributed by atoms with Crippen LogP contribution < -0.4 is 10.8 Å². The normalized spacial score (nSPS) is 10.2. The summed E-state index contributed by atoms with van der Waals surface area (Å²) >= 11 is 0. The second-order valence-electron chi connectivity index (χ2n) is 6.96. The third kappa shape index (κ3) is 5.92. The summed E-state index contributed by atoms with van der Waals surface area (Å²) in [5, 5.41) is 25.7. The van der Waals surface area contributed by atoms with Gasteiger partial charge in [-0.25, -0.2) is 9.97 Å². The van der Waals surface area contributed by atoms with Crippen LogP contribution in [0.3, 0.4) is 0 Å². The quantitative estimate of drug-likeness (QED) is 0.341. The van der Waals surface area contributed by atoms with Gasteiger partial charge in [0.1, 0.15) is 16.9 Å². The summed E-state index contributed by atoms with van der Waals surface area (Å²) in [6.07, 6.45) is 7.56. The molecule has 0 unspecified atom stereocenters. The first-order valence-electron chi connectivity index (χ1n) is 9.80. The highest BCUT2D eigenvalue weighted by molar-refractivity contribution is 6.58. The van der Waals surface area contributed by atoms with Crippen LogP contribution in [0.1, 0.15) is 17.0 Å². The Kier molecular flexibility index (Phi) is 7.38. The molecule has 0 aliphatic heterocycles. The number of aromatic nitrogens is 4. The Bertz CT molecular complexity index is 1170. The van der Waals surface area contributed by atoms with Crippen molar-refractivity contribution in [1.29, 1.82) is 0 Å². The van der Waals surface area contributed by atoms with Gasteiger partial charge in [-0.15, -0.1) is 12.3 Å². The lowest BCUT2D eigenvalue weighted by atomic mass is 9.80. The summed E-state index contributed by atoms with van der Waals surface area (Å²) in [5.74, 6) is 4.00. The first-order valence-corrected chi connectivity index (χ1v) is 9.80. The van der Waals surface area contributed by atoms with Crippen LogP contribution in [0.15, 0.2) is 60.8 Å². The van der Waals surface area contributed by atoms with Crippen molar-refractivity contribution in [2.75, 3.05) is 5.32 Å². The molecule has 156 valence electrons. The maximum atomic E-state index is 9.09. The second-order valence-corrected chi connectivity index (χ2v) is 6.96. The topological polar surface area (TPSA) is 96.1 Å². The Hall–Kier alpha value is -3.67. The van der Waals surface area contributed by atoms with Crippen LogP contribution in [0.2, 0.25) is 0 Å². The molecule has 2 heterocycles. The van der Waals surface area contributed by atoms with Crippen molar-refractivity contribution in [3.05, 3.63) is 77.7 Å². The first-order chi connectivity index (χ1) is 15.0. The number of benzene rings is 2. The second kappa shape index (κ2) is 10.4. The van der Waals surface area contributed by atoms with E-state index in [2.05, 4.69) is 26.3 Å². The lowest BCUT2D eigenvalue weighted by Gasteiger charge is -2.09. The average Bonchev–Trinajstić information content (AvgIpc) is 3.14. The van der Waals surface area contributed by atoms with E-state index in [0.29, 0.717) is 17.8 Å². The average molecular weight is 413 g/mol. The fourth-order valence-corrected chi connectivity index (χ4v) is 3.03. The minimum atomic E-state index is -1.44. The maximum Gasteiger partial charge on any atom is 0.488 e. The van der Waals surface area contributed by atoms with Crippen LogP contribution in [-0.4, -0.2) is 36.9 Å². The fraction of sp³-hybridized carbons (Fsp3) is 0.174. The molecule has 2 aromatic heterocycles. The summed E-state index contributed by atoms with van der Waals surface area (Å²) in [7, 11) is 0.407. The lowest BCUT2D eigenvalue weighted by Crippen LogP contribution is -2.29. The smallest absolute Gasteiger partial charge is 0.423 e. The molecule has 0 saturated heterocycles. The summed E-state index contributed by atoms with van der Waals surface area (Å²) in [5.41, 5.74) is 4.34. The molecular formula is C23H24BN5O2. The maximum absolute atomic E-state index is 9.09. The zero-order valence-corrected chi connectivity index (χ0v) is 17.5. The van der Waals surface area contributed by atoms with Gasteiger partial charge in [0.25, 0.3) is 0 Å². The van der Waals surface area contributed by atoms with Crippen molar-refractivity contribution in [2.24, 2.45) is 7.05 Å². The van der Waals surface area contributed by atoms with Gasteiger partial charge in [0.2, 0.25) is 0 Å². The Balaban J connectivity index is 0.000000254. The molecule has 8 heteroatoms. The third-order valence-electron chi connectivity index (χ3n) is 4.59. The summed E-state index contributed by atoms with van der Waals surface area (Å²) in [6.45, 7) is 2.41. The van der Waals surface area contributed by atoms with Crippen molar-refractivity contribution in [2.45, 2.75) is 19.9 Å². The van der Waals surface area contributed by atoms with Gasteiger partial charge in [0.05, 0.1) is 6.20 Å². The molecule has 0 fully saturated rings. The van der Waals surface area contributed by atoms with Crippen molar-refractivity contribution in [1.82, 2.24) is 19.7 Å². The SMILES string of the molecule is C#CCc1ccccc1.Cc1nc(NCc2ccc(B(O)O)cc2)c2c(cnn2C)n1. The van der Waals surface area contributed by atoms with E-state index in [1.54, 1.807) is 23.0 Å². The molecule has 4 aromatic rings. The number of nitrogens with zero attached hydrogens (tertiary/aromatic N) is 4. The van der Waals surface area contributed by atoms with Crippen LogP contribution in [0, 0.1) is 19.3 Å². The van der Waals surface area contributed by atoms with Gasteiger partial charge in [0, 0.05) is 20.0 Å². The van der Waals surface area contributed by atoms with Gasteiger partial charge in [0.15, 0.2) is 5.82 Å². The number of rotatable bonds is 5. The highest BCUT2D eigenvalue weighted by atomic mass is 16.4. The predicted molar refractivity (Wildman–Crippen MR) is 124 cm³/mol. The van der Waals surface area contributed by atoms with Gasteiger partial charge in [-0.2, -0.15) is 5.10 Å². The van der Waals surface area contributed by atoms with Crippen LogP contribution in [0.4, 0.5) is 5.82 Å². The molecule has 3 N–H and O–H groups in total. The van der Waals surface area contributed by atoms with Crippen molar-refractivity contribution < 1.29 is 10.0 Å². The van der Waals surface area contributed by atoms with Crippen molar-refractivity contribution in [3.63, 3.8) is 0 Å². The predicted octanol–water partition coefficient (Wildman–Crippen LogP) is 1.83. The molecule has 0 atom stereocenters. The molecule has 0 amide bonds. The zero-order chi connectivity index (χ0) is 22.2. The summed E-state index contributed by atoms with van der Waals surface area (Å²) < 4.78 is 1.74. The van der Waals surface area contributed by atoms with Crippen molar-refractivity contribution in [3.8, 4) is 12.3 Å². The van der Waals surface area contributed by atoms with Crippen LogP contribution in [0.5, 0.6) is 0 Å². The van der Waals surface area contributed by atoms with Crippen LogP contribution >= 0.6 is 0 Å². The number of aryl methyl sites for hydroxylation is 2. The highest BCUT2D eigenvalue weighted by Gasteiger charge is 2.11. The van der Waals surface area contributed by atoms with Gasteiger partial charge in [-0.05, 0) is 23.5 Å². The number of hydrogen-bond donors (Lipinski definition) is 3. The molecule has 0 spiro atoms. The molecule has 0 radical (unpaired) electrons. The van der Waals surface area contributed by atoms with Crippen molar-refractivity contribution >= 4 is 29.4 Å². The van der Waals surface area contributed by atoms with Gasteiger partial charge in [-0.1, -0.05) is 54.6 Å². The standard InChI is InChI=1S/C14H16BN5O2.C9H8/c1-9-18-12-8-17-20(2)13(12)14(19-9)16-7-10-3-5-11(6-4-10)15(21)22;1-2-6-9-7-4-3-5-8-9/h3-6,8,21-22H,7H2,1-2H3,(H,16,18,19);1,3-5,7-8H,6H2. The Morgan fingerprint density at radius 1 is 1.03 bits per heavy atom. The molecule has 0 saturated carbocycles. The third-order valence-corrected chi connectivity index (χ3v) is 4.59. The Morgan fingerprint density at radius 2 is 1.74 bits per heavy atom. The number of hydrogen-bond acceptors (Lipinski definition) is 6. The highest BCUT2D eigenvalue weighted by Crippen LogP contribution is 2.19. The summed E-state index contributed by atoms with van der Waals surface area (Å²) in [6, 6.07) is 17.1.